The second-order valence-electron chi connectivity index (χ2n) is 19.7. The second kappa shape index (κ2) is 18.4. The number of fused-ring (bicyclic) bond motifs is 7. The number of aromatic nitrogens is 2. The first-order valence-corrected chi connectivity index (χ1v) is 25.9. The van der Waals surface area contributed by atoms with E-state index in [2.05, 4.69) is 301 Å². The van der Waals surface area contributed by atoms with Gasteiger partial charge in [0.2, 0.25) is 0 Å². The Balaban J connectivity index is 1.01. The molecule has 0 saturated heterocycles. The van der Waals surface area contributed by atoms with Crippen LogP contribution in [0.1, 0.15) is 0 Å². The van der Waals surface area contributed by atoms with Crippen molar-refractivity contribution in [3.05, 3.63) is 285 Å². The van der Waals surface area contributed by atoms with Crippen LogP contribution in [-0.4, -0.2) is 9.13 Å². The summed E-state index contributed by atoms with van der Waals surface area (Å²) < 4.78 is 4.97. The Bertz CT molecular complexity index is 4320. The predicted octanol–water partition coefficient (Wildman–Crippen LogP) is 19.8. The predicted molar refractivity (Wildman–Crippen MR) is 318 cm³/mol. The molecule has 0 N–H and O–H groups in total. The lowest BCUT2D eigenvalue weighted by molar-refractivity contribution is 1.02. The maximum Gasteiger partial charge on any atom is 0.0641 e. The summed E-state index contributed by atoms with van der Waals surface area (Å²) in [4.78, 5) is 0. The van der Waals surface area contributed by atoms with Crippen molar-refractivity contribution in [3.63, 3.8) is 0 Å². The summed E-state index contributed by atoms with van der Waals surface area (Å²) in [6.45, 7) is 0. The molecule has 0 atom stereocenters. The highest BCUT2D eigenvalue weighted by atomic mass is 15.0. The lowest BCUT2D eigenvalue weighted by Gasteiger charge is -2.14. The van der Waals surface area contributed by atoms with Crippen molar-refractivity contribution in [2.75, 3.05) is 0 Å². The highest BCUT2D eigenvalue weighted by Crippen LogP contribution is 2.48. The van der Waals surface area contributed by atoms with Crippen molar-refractivity contribution >= 4 is 43.6 Å². The Kier molecular flexibility index (Phi) is 10.8. The van der Waals surface area contributed by atoms with Gasteiger partial charge in [-0.15, -0.1) is 0 Å². The van der Waals surface area contributed by atoms with Crippen molar-refractivity contribution in [1.82, 2.24) is 9.13 Å². The summed E-state index contributed by atoms with van der Waals surface area (Å²) in [7, 11) is 2.28. The first-order valence-electron chi connectivity index (χ1n) is 25.9. The number of nitrogens with zero attached hydrogens (tertiary/aromatic N) is 2. The van der Waals surface area contributed by atoms with Gasteiger partial charge in [-0.3, -0.25) is 0 Å². The van der Waals surface area contributed by atoms with E-state index in [0.717, 1.165) is 5.69 Å². The minimum Gasteiger partial charge on any atom is -0.343 e. The molecule has 0 aliphatic carbocycles. The third kappa shape index (κ3) is 7.75. The fraction of sp³-hybridized carbons (Fsp3) is 0.0137. The summed E-state index contributed by atoms with van der Waals surface area (Å²) in [6, 6.07) is 105. The van der Waals surface area contributed by atoms with Gasteiger partial charge in [-0.25, -0.2) is 0 Å². The molecule has 2 nitrogen and oxygen atoms in total. The van der Waals surface area contributed by atoms with E-state index in [-0.39, 0.29) is 0 Å². The molecule has 0 aliphatic heterocycles. The van der Waals surface area contributed by atoms with Crippen LogP contribution in [0, 0.1) is 0 Å². The minimum atomic E-state index is 1.14. The molecule has 0 bridgehead atoms. The summed E-state index contributed by atoms with van der Waals surface area (Å²) in [5, 5.41) is 4.92. The SMILES string of the molecule is Cn1c2c(-c3cccc(-c4cc(-c5ccccc5)cc(-c5ccccc5)c4)c3)cccc2c2c1c(-c1cccc(-c3cc(-c4ccccc4)cc(-c4ccccc4)c3)c1)cc1c3ccccc3n(-c3ccccc3)c12. The molecule has 14 rings (SSSR count). The molecule has 12 aromatic carbocycles. The van der Waals surface area contributed by atoms with Gasteiger partial charge in [-0.1, -0.05) is 212 Å². The van der Waals surface area contributed by atoms with Gasteiger partial charge in [-0.05, 0) is 151 Å². The van der Waals surface area contributed by atoms with Crippen LogP contribution in [0.15, 0.2) is 285 Å². The van der Waals surface area contributed by atoms with Crippen LogP contribution in [0.25, 0.3) is 138 Å². The Morgan fingerprint density at radius 3 is 1.08 bits per heavy atom. The number of para-hydroxylation sites is 3. The molecule has 0 radical (unpaired) electrons. The number of aryl methyl sites for hydroxylation is 1. The molecule has 0 amide bonds. The van der Waals surface area contributed by atoms with E-state index in [1.165, 1.54) is 133 Å². The smallest absolute Gasteiger partial charge is 0.0641 e. The molecule has 352 valence electrons. The Labute approximate surface area is 437 Å². The van der Waals surface area contributed by atoms with Crippen LogP contribution < -0.4 is 0 Å². The van der Waals surface area contributed by atoms with Crippen LogP contribution in [0.2, 0.25) is 0 Å². The van der Waals surface area contributed by atoms with Crippen molar-refractivity contribution in [2.24, 2.45) is 7.05 Å². The molecular formula is C73H50N2. The molecule has 0 unspecified atom stereocenters. The van der Waals surface area contributed by atoms with Crippen molar-refractivity contribution in [2.45, 2.75) is 0 Å². The molecule has 0 spiro atoms. The quantitative estimate of drug-likeness (QED) is 0.136. The first kappa shape index (κ1) is 44.0. The van der Waals surface area contributed by atoms with Crippen molar-refractivity contribution in [3.8, 4) is 94.7 Å². The standard InChI is InChI=1S/C73H50N2/c1-74-71-64(55-32-19-30-53(40-55)61-44-57(49-22-7-2-8-23-49)42-58(45-61)50-24-9-3-10-25-50)37-21-38-66(71)70-72(74)67(48-68-65-36-17-18-39-69(65)75(73(68)70)63-34-15-6-16-35-63)56-33-20-31-54(41-56)62-46-59(51-26-11-4-12-27-51)43-60(47-62)52-28-13-5-14-29-52/h2-48H,1H3. The summed E-state index contributed by atoms with van der Waals surface area (Å²) in [5.74, 6) is 0. The van der Waals surface area contributed by atoms with Gasteiger partial charge in [0.1, 0.15) is 0 Å². The lowest BCUT2D eigenvalue weighted by atomic mass is 9.91. The minimum absolute atomic E-state index is 1.14. The van der Waals surface area contributed by atoms with Gasteiger partial charge in [0.25, 0.3) is 0 Å². The van der Waals surface area contributed by atoms with E-state index in [0.29, 0.717) is 0 Å². The van der Waals surface area contributed by atoms with E-state index >= 15 is 0 Å². The zero-order valence-corrected chi connectivity index (χ0v) is 41.5. The second-order valence-corrected chi connectivity index (χ2v) is 19.7. The summed E-state index contributed by atoms with van der Waals surface area (Å²) in [5.41, 5.74) is 25.0. The maximum atomic E-state index is 2.49. The van der Waals surface area contributed by atoms with E-state index in [9.17, 15) is 0 Å². The van der Waals surface area contributed by atoms with Crippen LogP contribution in [0.3, 0.4) is 0 Å². The number of hydrogen-bond acceptors (Lipinski definition) is 0. The van der Waals surface area contributed by atoms with Gasteiger partial charge in [0.15, 0.2) is 0 Å². The van der Waals surface area contributed by atoms with Crippen LogP contribution in [0.4, 0.5) is 0 Å². The molecule has 0 fully saturated rings. The first-order chi connectivity index (χ1) is 37.1. The third-order valence-corrected chi connectivity index (χ3v) is 15.2. The van der Waals surface area contributed by atoms with E-state index in [1.54, 1.807) is 0 Å². The largest absolute Gasteiger partial charge is 0.343 e. The lowest BCUT2D eigenvalue weighted by Crippen LogP contribution is -1.95. The van der Waals surface area contributed by atoms with E-state index in [1.807, 2.05) is 0 Å². The Morgan fingerprint density at radius 1 is 0.227 bits per heavy atom. The fourth-order valence-corrected chi connectivity index (χ4v) is 11.7. The summed E-state index contributed by atoms with van der Waals surface area (Å²) >= 11 is 0. The molecule has 2 aromatic heterocycles. The van der Waals surface area contributed by atoms with Crippen LogP contribution in [0.5, 0.6) is 0 Å². The van der Waals surface area contributed by atoms with Gasteiger partial charge >= 0.3 is 0 Å². The molecular weight excluding hydrogens is 905 g/mol. The highest BCUT2D eigenvalue weighted by Gasteiger charge is 2.25. The molecule has 14 aromatic rings. The number of rotatable bonds is 9. The third-order valence-electron chi connectivity index (χ3n) is 15.2. The average Bonchev–Trinajstić information content (AvgIpc) is 4.05. The molecule has 75 heavy (non-hydrogen) atoms. The van der Waals surface area contributed by atoms with Gasteiger partial charge in [0.05, 0.1) is 22.1 Å². The highest BCUT2D eigenvalue weighted by molar-refractivity contribution is 6.30. The zero-order chi connectivity index (χ0) is 49.8. The van der Waals surface area contributed by atoms with Gasteiger partial charge in [-0.2, -0.15) is 0 Å². The molecule has 2 heteroatoms. The number of hydrogen-bond donors (Lipinski definition) is 0. The van der Waals surface area contributed by atoms with Gasteiger partial charge < -0.3 is 9.13 Å². The van der Waals surface area contributed by atoms with E-state index < -0.39 is 0 Å². The topological polar surface area (TPSA) is 9.86 Å². The number of benzene rings is 12. The van der Waals surface area contributed by atoms with Crippen LogP contribution in [-0.2, 0) is 7.05 Å². The molecule has 0 aliphatic rings. The van der Waals surface area contributed by atoms with Crippen molar-refractivity contribution < 1.29 is 0 Å². The normalized spacial score (nSPS) is 11.5. The maximum absolute atomic E-state index is 2.49. The van der Waals surface area contributed by atoms with Crippen molar-refractivity contribution in [1.29, 1.82) is 0 Å². The Hall–Kier alpha value is -9.76. The van der Waals surface area contributed by atoms with Crippen LogP contribution >= 0.6 is 0 Å². The summed E-state index contributed by atoms with van der Waals surface area (Å²) in [6.07, 6.45) is 0. The average molecular weight is 955 g/mol. The molecule has 0 saturated carbocycles. The zero-order valence-electron chi connectivity index (χ0n) is 41.5. The monoisotopic (exact) mass is 954 g/mol. The fourth-order valence-electron chi connectivity index (χ4n) is 11.7. The molecule has 2 heterocycles. The van der Waals surface area contributed by atoms with E-state index in [4.69, 9.17) is 0 Å². The Morgan fingerprint density at radius 2 is 0.587 bits per heavy atom. The van der Waals surface area contributed by atoms with Gasteiger partial charge in [0, 0.05) is 45.4 Å².